The predicted molar refractivity (Wildman–Crippen MR) is 90.0 cm³/mol. The van der Waals surface area contributed by atoms with Gasteiger partial charge in [-0.05, 0) is 48.9 Å². The Labute approximate surface area is 143 Å². The summed E-state index contributed by atoms with van der Waals surface area (Å²) in [7, 11) is 0. The van der Waals surface area contributed by atoms with Gasteiger partial charge >= 0.3 is 5.97 Å². The largest absolute Gasteiger partial charge is 0.481 e. The number of hydrogen-bond donors (Lipinski definition) is 1. The first-order chi connectivity index (χ1) is 11.4. The van der Waals surface area contributed by atoms with Crippen LogP contribution in [0.1, 0.15) is 11.4 Å². The number of carboxylic acid groups (broad SMARTS) is 1. The molecule has 0 fully saturated rings. The summed E-state index contributed by atoms with van der Waals surface area (Å²) in [4.78, 5) is 15.6. The fourth-order valence-electron chi connectivity index (χ4n) is 2.45. The second kappa shape index (κ2) is 6.45. The number of carboxylic acids is 1. The number of rotatable bonds is 4. The molecule has 0 saturated carbocycles. The maximum atomic E-state index is 13.1. The molecule has 0 unspecified atom stereocenters. The molecule has 2 aromatic carbocycles. The van der Waals surface area contributed by atoms with Gasteiger partial charge in [-0.25, -0.2) is 9.37 Å². The lowest BCUT2D eigenvalue weighted by atomic mass is 10.1. The number of hydrogen-bond acceptors (Lipinski definition) is 2. The number of halogens is 2. The molecule has 0 saturated heterocycles. The number of benzene rings is 2. The molecule has 3 rings (SSSR count). The summed E-state index contributed by atoms with van der Waals surface area (Å²) in [6.45, 7) is 1.89. The second-order valence-electron chi connectivity index (χ2n) is 5.42. The van der Waals surface area contributed by atoms with Crippen LogP contribution in [0.2, 0.25) is 5.02 Å². The molecule has 1 N–H and O–H groups in total. The summed E-state index contributed by atoms with van der Waals surface area (Å²) in [6.07, 6.45) is 1.51. The van der Waals surface area contributed by atoms with Crippen LogP contribution in [0.15, 0.2) is 48.7 Å². The molecule has 1 heterocycles. The maximum Gasteiger partial charge on any atom is 0.311 e. The maximum absolute atomic E-state index is 13.1. The van der Waals surface area contributed by atoms with E-state index >= 15 is 0 Å². The van der Waals surface area contributed by atoms with Gasteiger partial charge in [0.1, 0.15) is 18.1 Å². The van der Waals surface area contributed by atoms with Crippen molar-refractivity contribution in [3.05, 3.63) is 70.9 Å². The average Bonchev–Trinajstić information content (AvgIpc) is 2.94. The Morgan fingerprint density at radius 2 is 1.96 bits per heavy atom. The molecular formula is C18H14ClFN2O2. The molecule has 0 bridgehead atoms. The normalized spacial score (nSPS) is 10.8. The summed E-state index contributed by atoms with van der Waals surface area (Å²) in [5.74, 6) is -0.966. The number of aromatic nitrogens is 2. The van der Waals surface area contributed by atoms with Gasteiger partial charge in [-0.2, -0.15) is 0 Å². The molecule has 0 radical (unpaired) electrons. The van der Waals surface area contributed by atoms with Crippen LogP contribution in [-0.2, 0) is 11.2 Å². The SMILES string of the molecule is Cc1cc(-c2cn(-c3ccc(F)cc3)c(CC(=O)O)n2)ccc1Cl. The van der Waals surface area contributed by atoms with Crippen molar-refractivity contribution >= 4 is 17.6 Å². The van der Waals surface area contributed by atoms with Crippen LogP contribution in [0.3, 0.4) is 0 Å². The summed E-state index contributed by atoms with van der Waals surface area (Å²) in [6, 6.07) is 11.3. The molecule has 0 amide bonds. The number of imidazole rings is 1. The van der Waals surface area contributed by atoms with E-state index < -0.39 is 5.97 Å². The van der Waals surface area contributed by atoms with Crippen molar-refractivity contribution < 1.29 is 14.3 Å². The molecule has 6 heteroatoms. The molecule has 0 spiro atoms. The van der Waals surface area contributed by atoms with Crippen LogP contribution >= 0.6 is 11.6 Å². The summed E-state index contributed by atoms with van der Waals surface area (Å²) < 4.78 is 14.8. The van der Waals surface area contributed by atoms with Gasteiger partial charge in [0.15, 0.2) is 0 Å². The minimum absolute atomic E-state index is 0.232. The third-order valence-corrected chi connectivity index (χ3v) is 4.07. The molecule has 4 nitrogen and oxygen atoms in total. The standard InChI is InChI=1S/C18H14ClFN2O2/c1-11-8-12(2-7-15(11)19)16-10-22(17(21-16)9-18(23)24)14-5-3-13(20)4-6-14/h2-8,10H,9H2,1H3,(H,23,24). The fourth-order valence-corrected chi connectivity index (χ4v) is 2.56. The summed E-state index contributed by atoms with van der Waals surface area (Å²) in [5, 5.41) is 9.77. The minimum atomic E-state index is -0.984. The van der Waals surface area contributed by atoms with E-state index in [1.54, 1.807) is 29.0 Å². The van der Waals surface area contributed by atoms with Gasteiger partial charge < -0.3 is 9.67 Å². The van der Waals surface area contributed by atoms with E-state index in [1.807, 2.05) is 19.1 Å². The van der Waals surface area contributed by atoms with E-state index in [0.717, 1.165) is 11.1 Å². The van der Waals surface area contributed by atoms with E-state index in [-0.39, 0.29) is 12.2 Å². The van der Waals surface area contributed by atoms with E-state index in [4.69, 9.17) is 16.7 Å². The number of carbonyl (C=O) groups is 1. The van der Waals surface area contributed by atoms with Crippen LogP contribution in [0.5, 0.6) is 0 Å². The quantitative estimate of drug-likeness (QED) is 0.769. The van der Waals surface area contributed by atoms with E-state index in [9.17, 15) is 9.18 Å². The van der Waals surface area contributed by atoms with Crippen molar-refractivity contribution in [2.45, 2.75) is 13.3 Å². The zero-order valence-corrected chi connectivity index (χ0v) is 13.6. The number of aliphatic carboxylic acids is 1. The van der Waals surface area contributed by atoms with Crippen molar-refractivity contribution in [2.75, 3.05) is 0 Å². The van der Waals surface area contributed by atoms with Gasteiger partial charge in [0.25, 0.3) is 0 Å². The summed E-state index contributed by atoms with van der Waals surface area (Å²) >= 11 is 6.05. The monoisotopic (exact) mass is 344 g/mol. The Morgan fingerprint density at radius 1 is 1.25 bits per heavy atom. The highest BCUT2D eigenvalue weighted by atomic mass is 35.5. The molecule has 0 aliphatic rings. The topological polar surface area (TPSA) is 55.1 Å². The highest BCUT2D eigenvalue weighted by molar-refractivity contribution is 6.31. The molecule has 0 aliphatic heterocycles. The smallest absolute Gasteiger partial charge is 0.311 e. The Morgan fingerprint density at radius 3 is 2.58 bits per heavy atom. The van der Waals surface area contributed by atoms with Crippen LogP contribution in [0.25, 0.3) is 16.9 Å². The molecule has 0 aliphatic carbocycles. The lowest BCUT2D eigenvalue weighted by Gasteiger charge is -2.05. The number of aryl methyl sites for hydroxylation is 1. The Balaban J connectivity index is 2.10. The molecule has 3 aromatic rings. The Kier molecular flexibility index (Phi) is 4.36. The van der Waals surface area contributed by atoms with Crippen molar-refractivity contribution in [3.63, 3.8) is 0 Å². The second-order valence-corrected chi connectivity index (χ2v) is 5.83. The highest BCUT2D eigenvalue weighted by Gasteiger charge is 2.14. The zero-order valence-electron chi connectivity index (χ0n) is 12.8. The lowest BCUT2D eigenvalue weighted by Crippen LogP contribution is -2.07. The van der Waals surface area contributed by atoms with Gasteiger partial charge in [-0.3, -0.25) is 4.79 Å². The highest BCUT2D eigenvalue weighted by Crippen LogP contribution is 2.26. The van der Waals surface area contributed by atoms with Crippen molar-refractivity contribution in [3.8, 4) is 16.9 Å². The predicted octanol–water partition coefficient (Wildman–Crippen LogP) is 4.27. The molecule has 0 atom stereocenters. The summed E-state index contributed by atoms with van der Waals surface area (Å²) in [5.41, 5.74) is 3.03. The Bertz CT molecular complexity index is 904. The van der Waals surface area contributed by atoms with Crippen LogP contribution in [-0.4, -0.2) is 20.6 Å². The van der Waals surface area contributed by atoms with E-state index in [2.05, 4.69) is 4.98 Å². The molecule has 1 aromatic heterocycles. The van der Waals surface area contributed by atoms with Gasteiger partial charge in [-0.1, -0.05) is 17.7 Å². The van der Waals surface area contributed by atoms with Gasteiger partial charge in [-0.15, -0.1) is 0 Å². The van der Waals surface area contributed by atoms with Gasteiger partial charge in [0.2, 0.25) is 0 Å². The lowest BCUT2D eigenvalue weighted by molar-refractivity contribution is -0.136. The zero-order chi connectivity index (χ0) is 17.3. The minimum Gasteiger partial charge on any atom is -0.481 e. The van der Waals surface area contributed by atoms with Gasteiger partial charge in [0, 0.05) is 22.5 Å². The van der Waals surface area contributed by atoms with Crippen molar-refractivity contribution in [1.82, 2.24) is 9.55 Å². The third kappa shape index (κ3) is 3.31. The molecular weight excluding hydrogens is 331 g/mol. The van der Waals surface area contributed by atoms with E-state index in [0.29, 0.717) is 22.2 Å². The van der Waals surface area contributed by atoms with Crippen LogP contribution in [0.4, 0.5) is 4.39 Å². The Hall–Kier alpha value is -2.66. The van der Waals surface area contributed by atoms with E-state index in [1.165, 1.54) is 12.1 Å². The third-order valence-electron chi connectivity index (χ3n) is 3.65. The van der Waals surface area contributed by atoms with Crippen LogP contribution < -0.4 is 0 Å². The first-order valence-electron chi connectivity index (χ1n) is 7.26. The first-order valence-corrected chi connectivity index (χ1v) is 7.64. The number of nitrogens with zero attached hydrogens (tertiary/aromatic N) is 2. The molecule has 24 heavy (non-hydrogen) atoms. The average molecular weight is 345 g/mol. The van der Waals surface area contributed by atoms with Crippen molar-refractivity contribution in [2.24, 2.45) is 0 Å². The fraction of sp³-hybridized carbons (Fsp3) is 0.111. The molecule has 122 valence electrons. The van der Waals surface area contributed by atoms with Gasteiger partial charge in [0.05, 0.1) is 5.69 Å². The van der Waals surface area contributed by atoms with Crippen molar-refractivity contribution in [1.29, 1.82) is 0 Å². The van der Waals surface area contributed by atoms with Crippen LogP contribution in [0, 0.1) is 12.7 Å². The first kappa shape index (κ1) is 16.2.